The van der Waals surface area contributed by atoms with Crippen molar-refractivity contribution in [3.63, 3.8) is 0 Å². The van der Waals surface area contributed by atoms with E-state index in [0.29, 0.717) is 42.8 Å². The summed E-state index contributed by atoms with van der Waals surface area (Å²) in [6.07, 6.45) is 1.43. The van der Waals surface area contributed by atoms with Gasteiger partial charge < -0.3 is 40.8 Å². The molecular weight excluding hydrogens is 514 g/mol. The van der Waals surface area contributed by atoms with E-state index in [4.69, 9.17) is 30.4 Å². The van der Waals surface area contributed by atoms with Gasteiger partial charge in [0.05, 0.1) is 18.1 Å². The summed E-state index contributed by atoms with van der Waals surface area (Å²) in [5, 5.41) is 13.9. The minimum atomic E-state index is -0.861. The van der Waals surface area contributed by atoms with Gasteiger partial charge in [0, 0.05) is 38.6 Å². The number of nitrogens with one attached hydrogen (secondary N) is 1. The topological polar surface area (TPSA) is 155 Å². The molecule has 0 spiro atoms. The molecule has 0 fully saturated rings. The minimum Gasteiger partial charge on any atom is -0.489 e. The van der Waals surface area contributed by atoms with Crippen LogP contribution in [0.3, 0.4) is 0 Å². The molecule has 10 nitrogen and oxygen atoms in total. The first-order valence-electron chi connectivity index (χ1n) is 14.3. The molecular formula is C30H51N3O7. The summed E-state index contributed by atoms with van der Waals surface area (Å²) in [4.78, 5) is 24.6. The van der Waals surface area contributed by atoms with Crippen molar-refractivity contribution in [1.82, 2.24) is 5.32 Å². The molecule has 0 bridgehead atoms. The molecule has 228 valence electrons. The van der Waals surface area contributed by atoms with Gasteiger partial charge in [0.2, 0.25) is 24.4 Å². The van der Waals surface area contributed by atoms with Crippen molar-refractivity contribution < 1.29 is 33.6 Å². The lowest BCUT2D eigenvalue weighted by Gasteiger charge is -2.30. The first-order valence-corrected chi connectivity index (χ1v) is 14.3. The van der Waals surface area contributed by atoms with Crippen molar-refractivity contribution in [3.05, 3.63) is 17.7 Å². The Labute approximate surface area is 239 Å². The molecule has 0 aliphatic carbocycles. The highest BCUT2D eigenvalue weighted by Crippen LogP contribution is 2.43. The molecule has 0 saturated carbocycles. The quantitative estimate of drug-likeness (QED) is 0.198. The van der Waals surface area contributed by atoms with Crippen molar-refractivity contribution in [2.24, 2.45) is 40.6 Å². The summed E-state index contributed by atoms with van der Waals surface area (Å²) in [5.74, 6) is 1.24. The summed E-state index contributed by atoms with van der Waals surface area (Å²) in [7, 11) is 1.66. The first kappa shape index (κ1) is 33.6. The Morgan fingerprint density at radius 2 is 1.80 bits per heavy atom. The van der Waals surface area contributed by atoms with Crippen molar-refractivity contribution in [2.45, 2.75) is 79.4 Å². The van der Waals surface area contributed by atoms with Gasteiger partial charge in [-0.3, -0.25) is 9.59 Å². The third-order valence-electron chi connectivity index (χ3n) is 7.77. The van der Waals surface area contributed by atoms with Crippen molar-refractivity contribution in [3.8, 4) is 17.2 Å². The highest BCUT2D eigenvalue weighted by Gasteiger charge is 2.32. The van der Waals surface area contributed by atoms with Crippen LogP contribution in [0.25, 0.3) is 0 Å². The Bertz CT molecular complexity index is 967. The summed E-state index contributed by atoms with van der Waals surface area (Å²) < 4.78 is 22.4. The number of methoxy groups -OCH3 is 1. The molecule has 6 N–H and O–H groups in total. The molecule has 4 atom stereocenters. The Morgan fingerprint density at radius 3 is 2.40 bits per heavy atom. The second-order valence-corrected chi connectivity index (χ2v) is 12.2. The van der Waals surface area contributed by atoms with E-state index in [2.05, 4.69) is 19.2 Å². The third-order valence-corrected chi connectivity index (χ3v) is 7.77. The van der Waals surface area contributed by atoms with Gasteiger partial charge in [0.25, 0.3) is 0 Å². The molecule has 10 heteroatoms. The first-order chi connectivity index (χ1) is 18.8. The normalized spacial score (nSPS) is 16.1. The summed E-state index contributed by atoms with van der Waals surface area (Å²) >= 11 is 0. The molecule has 1 aromatic rings. The number of aliphatic hydroxyl groups excluding tert-OH is 1. The summed E-state index contributed by atoms with van der Waals surface area (Å²) in [5.41, 5.74) is 12.1. The molecule has 40 heavy (non-hydrogen) atoms. The van der Waals surface area contributed by atoms with E-state index < -0.39 is 29.4 Å². The highest BCUT2D eigenvalue weighted by molar-refractivity contribution is 5.83. The zero-order valence-corrected chi connectivity index (χ0v) is 25.3. The lowest BCUT2D eigenvalue weighted by molar-refractivity contribution is -0.130. The zero-order chi connectivity index (χ0) is 30.0. The van der Waals surface area contributed by atoms with Gasteiger partial charge in [-0.25, -0.2) is 0 Å². The Balaban J connectivity index is 2.06. The van der Waals surface area contributed by atoms with Crippen LogP contribution in [0.4, 0.5) is 0 Å². The number of rotatable bonds is 18. The zero-order valence-electron chi connectivity index (χ0n) is 25.3. The molecule has 0 aromatic heterocycles. The Hall–Kier alpha value is -2.56. The molecule has 1 heterocycles. The van der Waals surface area contributed by atoms with Crippen molar-refractivity contribution in [2.75, 3.05) is 33.7 Å². The second kappa shape index (κ2) is 15.4. The van der Waals surface area contributed by atoms with Gasteiger partial charge >= 0.3 is 0 Å². The fourth-order valence-corrected chi connectivity index (χ4v) is 4.69. The van der Waals surface area contributed by atoms with Crippen molar-refractivity contribution >= 4 is 11.8 Å². The standard InChI is InChI=1S/C30H51N3O7/c1-18(2)21(11-20-12-25(38-10-8-9-37-7)27-26(13-20)39-17-40-27)14-23(31)24(34)15-22(19(3)4)28(35)33-16-30(5,6)29(32)36/h12-13,18-19,21-24,34H,8-11,14-17,31H2,1-7H3,(H2,32,36)(H,33,35)/t21-,22+,23-,24-/m0/s1. The number of carbonyl (C=O) groups is 2. The smallest absolute Gasteiger partial charge is 0.231 e. The monoisotopic (exact) mass is 565 g/mol. The van der Waals surface area contributed by atoms with E-state index in [0.717, 1.165) is 18.4 Å². The minimum absolute atomic E-state index is 0.0182. The molecule has 0 saturated heterocycles. The number of primary amides is 1. The predicted octanol–water partition coefficient (Wildman–Crippen LogP) is 3.01. The average Bonchev–Trinajstić information content (AvgIpc) is 3.36. The Kier molecular flexibility index (Phi) is 13.0. The lowest BCUT2D eigenvalue weighted by atomic mass is 9.80. The van der Waals surface area contributed by atoms with E-state index in [9.17, 15) is 14.7 Å². The van der Waals surface area contributed by atoms with Gasteiger partial charge in [0.15, 0.2) is 11.5 Å². The molecule has 1 aromatic carbocycles. The number of aliphatic hydroxyl groups is 1. The molecule has 0 unspecified atom stereocenters. The van der Waals surface area contributed by atoms with Crippen LogP contribution in [0.5, 0.6) is 17.2 Å². The van der Waals surface area contributed by atoms with E-state index in [1.165, 1.54) is 0 Å². The van der Waals surface area contributed by atoms with Crippen LogP contribution in [0.2, 0.25) is 0 Å². The number of hydrogen-bond acceptors (Lipinski definition) is 8. The van der Waals surface area contributed by atoms with Crippen LogP contribution in [-0.4, -0.2) is 62.7 Å². The van der Waals surface area contributed by atoms with E-state index in [-0.39, 0.29) is 37.5 Å². The highest BCUT2D eigenvalue weighted by atomic mass is 16.7. The SMILES string of the molecule is COCCCOc1cc(C[C@@H](C[C@H](N)[C@@H](O)C[C@@H](C(=O)NCC(C)(C)C(N)=O)C(C)C)C(C)C)cc2c1OCO2. The van der Waals surface area contributed by atoms with Crippen LogP contribution in [-0.2, 0) is 20.7 Å². The lowest BCUT2D eigenvalue weighted by Crippen LogP contribution is -2.46. The molecule has 0 radical (unpaired) electrons. The van der Waals surface area contributed by atoms with Crippen LogP contribution in [0, 0.1) is 29.1 Å². The van der Waals surface area contributed by atoms with Crippen molar-refractivity contribution in [1.29, 1.82) is 0 Å². The fourth-order valence-electron chi connectivity index (χ4n) is 4.69. The molecule has 1 aliphatic heterocycles. The maximum atomic E-state index is 13.0. The second-order valence-electron chi connectivity index (χ2n) is 12.2. The van der Waals surface area contributed by atoms with E-state index >= 15 is 0 Å². The van der Waals surface area contributed by atoms with Gasteiger partial charge in [0.1, 0.15) is 0 Å². The number of fused-ring (bicyclic) bond motifs is 1. The number of carbonyl (C=O) groups excluding carboxylic acids is 2. The van der Waals surface area contributed by atoms with Crippen LogP contribution >= 0.6 is 0 Å². The number of ether oxygens (including phenoxy) is 4. The number of benzene rings is 1. The van der Waals surface area contributed by atoms with E-state index in [1.807, 2.05) is 26.0 Å². The number of nitrogens with two attached hydrogens (primary N) is 2. The molecule has 1 aliphatic rings. The van der Waals surface area contributed by atoms with E-state index in [1.54, 1.807) is 21.0 Å². The van der Waals surface area contributed by atoms with Gasteiger partial charge in [-0.2, -0.15) is 0 Å². The number of amides is 2. The maximum absolute atomic E-state index is 13.0. The molecule has 2 rings (SSSR count). The molecule has 2 amide bonds. The summed E-state index contributed by atoms with van der Waals surface area (Å²) in [6.45, 7) is 12.9. The van der Waals surface area contributed by atoms with Crippen LogP contribution in [0.15, 0.2) is 12.1 Å². The van der Waals surface area contributed by atoms with Crippen LogP contribution in [0.1, 0.15) is 66.4 Å². The van der Waals surface area contributed by atoms with Crippen LogP contribution < -0.4 is 31.0 Å². The van der Waals surface area contributed by atoms with Gasteiger partial charge in [-0.15, -0.1) is 0 Å². The van der Waals surface area contributed by atoms with Gasteiger partial charge in [-0.1, -0.05) is 27.7 Å². The number of hydrogen-bond donors (Lipinski definition) is 4. The predicted molar refractivity (Wildman–Crippen MR) is 154 cm³/mol. The Morgan fingerprint density at radius 1 is 1.10 bits per heavy atom. The third kappa shape index (κ3) is 9.82. The summed E-state index contributed by atoms with van der Waals surface area (Å²) in [6, 6.07) is 3.46. The largest absolute Gasteiger partial charge is 0.489 e. The average molecular weight is 566 g/mol. The fraction of sp³-hybridized carbons (Fsp3) is 0.733. The maximum Gasteiger partial charge on any atom is 0.231 e. The van der Waals surface area contributed by atoms with Gasteiger partial charge in [-0.05, 0) is 68.6 Å².